The summed E-state index contributed by atoms with van der Waals surface area (Å²) in [5.41, 5.74) is 0.988. The molecule has 2 heterocycles. The van der Waals surface area contributed by atoms with Crippen molar-refractivity contribution in [2.24, 2.45) is 5.92 Å². The average molecular weight is 243 g/mol. The number of rotatable bonds is 3. The standard InChI is InChI=1S/C15H17NO2/c1-2-4-14-13(3-1)15(5-8-16-14)18-11-12-6-9-17-10-7-12/h1-5,8,12H,6-7,9-11H2. The first-order valence-corrected chi connectivity index (χ1v) is 6.48. The number of para-hydroxylation sites is 1. The van der Waals surface area contributed by atoms with Gasteiger partial charge in [0, 0.05) is 24.8 Å². The summed E-state index contributed by atoms with van der Waals surface area (Å²) >= 11 is 0. The molecule has 3 heteroatoms. The molecule has 1 aliphatic heterocycles. The van der Waals surface area contributed by atoms with Gasteiger partial charge in [-0.1, -0.05) is 12.1 Å². The first-order chi connectivity index (χ1) is 8.93. The zero-order valence-electron chi connectivity index (χ0n) is 10.3. The van der Waals surface area contributed by atoms with E-state index in [1.807, 2.05) is 30.5 Å². The molecule has 0 radical (unpaired) electrons. The first-order valence-electron chi connectivity index (χ1n) is 6.48. The summed E-state index contributed by atoms with van der Waals surface area (Å²) in [6.45, 7) is 2.51. The maximum atomic E-state index is 5.96. The van der Waals surface area contributed by atoms with Crippen LogP contribution in [0.25, 0.3) is 10.9 Å². The molecule has 3 nitrogen and oxygen atoms in total. The molecule has 2 aromatic rings. The predicted octanol–water partition coefficient (Wildman–Crippen LogP) is 3.04. The SMILES string of the molecule is c1ccc2c(OCC3CCOCC3)ccnc2c1. The second-order valence-corrected chi connectivity index (χ2v) is 4.69. The van der Waals surface area contributed by atoms with Gasteiger partial charge in [-0.3, -0.25) is 4.98 Å². The van der Waals surface area contributed by atoms with Crippen molar-refractivity contribution < 1.29 is 9.47 Å². The lowest BCUT2D eigenvalue weighted by atomic mass is 10.0. The molecule has 1 fully saturated rings. The molecule has 0 saturated carbocycles. The monoisotopic (exact) mass is 243 g/mol. The molecule has 1 aromatic carbocycles. The Morgan fingerprint density at radius 2 is 2.00 bits per heavy atom. The molecule has 1 aromatic heterocycles. The molecular formula is C15H17NO2. The van der Waals surface area contributed by atoms with Crippen molar-refractivity contribution >= 4 is 10.9 Å². The van der Waals surface area contributed by atoms with Gasteiger partial charge in [-0.2, -0.15) is 0 Å². The normalized spacial score (nSPS) is 16.9. The van der Waals surface area contributed by atoms with Crippen LogP contribution >= 0.6 is 0 Å². The Kier molecular flexibility index (Phi) is 3.42. The molecule has 0 unspecified atom stereocenters. The van der Waals surface area contributed by atoms with Crippen LogP contribution in [0, 0.1) is 5.92 Å². The van der Waals surface area contributed by atoms with E-state index in [9.17, 15) is 0 Å². The molecule has 18 heavy (non-hydrogen) atoms. The van der Waals surface area contributed by atoms with Gasteiger partial charge in [0.2, 0.25) is 0 Å². The number of hydrogen-bond donors (Lipinski definition) is 0. The van der Waals surface area contributed by atoms with E-state index in [0.717, 1.165) is 49.3 Å². The van der Waals surface area contributed by atoms with E-state index in [-0.39, 0.29) is 0 Å². The van der Waals surface area contributed by atoms with E-state index in [1.165, 1.54) is 0 Å². The third kappa shape index (κ3) is 2.46. The van der Waals surface area contributed by atoms with E-state index in [1.54, 1.807) is 0 Å². The van der Waals surface area contributed by atoms with Crippen molar-refractivity contribution in [1.29, 1.82) is 0 Å². The minimum absolute atomic E-state index is 0.616. The Hall–Kier alpha value is -1.61. The third-order valence-corrected chi connectivity index (χ3v) is 3.42. The predicted molar refractivity (Wildman–Crippen MR) is 70.8 cm³/mol. The molecule has 0 spiro atoms. The second-order valence-electron chi connectivity index (χ2n) is 4.69. The van der Waals surface area contributed by atoms with Crippen molar-refractivity contribution in [3.8, 4) is 5.75 Å². The minimum Gasteiger partial charge on any atom is -0.493 e. The van der Waals surface area contributed by atoms with Gasteiger partial charge in [0.05, 0.1) is 12.1 Å². The molecule has 3 rings (SSSR count). The Labute approximate surface area is 107 Å². The first kappa shape index (κ1) is 11.5. The molecule has 0 aliphatic carbocycles. The van der Waals surface area contributed by atoms with E-state index in [4.69, 9.17) is 9.47 Å². The van der Waals surface area contributed by atoms with E-state index >= 15 is 0 Å². The third-order valence-electron chi connectivity index (χ3n) is 3.42. The topological polar surface area (TPSA) is 31.4 Å². The Morgan fingerprint density at radius 3 is 2.89 bits per heavy atom. The van der Waals surface area contributed by atoms with Gasteiger partial charge in [-0.15, -0.1) is 0 Å². The van der Waals surface area contributed by atoms with E-state index in [2.05, 4.69) is 11.1 Å². The van der Waals surface area contributed by atoms with Gasteiger partial charge in [0.15, 0.2) is 0 Å². The highest BCUT2D eigenvalue weighted by Gasteiger charge is 2.14. The van der Waals surface area contributed by atoms with Gasteiger partial charge in [0.1, 0.15) is 5.75 Å². The highest BCUT2D eigenvalue weighted by molar-refractivity contribution is 5.84. The smallest absolute Gasteiger partial charge is 0.130 e. The Balaban J connectivity index is 1.74. The summed E-state index contributed by atoms with van der Waals surface area (Å²) in [5, 5.41) is 1.09. The molecule has 1 saturated heterocycles. The van der Waals surface area contributed by atoms with Crippen LogP contribution in [0.3, 0.4) is 0 Å². The lowest BCUT2D eigenvalue weighted by molar-refractivity contribution is 0.0500. The summed E-state index contributed by atoms with van der Waals surface area (Å²) in [6.07, 6.45) is 4.01. The number of ether oxygens (including phenoxy) is 2. The Morgan fingerprint density at radius 1 is 1.17 bits per heavy atom. The summed E-state index contributed by atoms with van der Waals surface area (Å²) < 4.78 is 11.3. The van der Waals surface area contributed by atoms with E-state index in [0.29, 0.717) is 5.92 Å². The van der Waals surface area contributed by atoms with Crippen molar-refractivity contribution in [3.05, 3.63) is 36.5 Å². The molecule has 1 aliphatic rings. The fourth-order valence-electron chi connectivity index (χ4n) is 2.32. The lowest BCUT2D eigenvalue weighted by Gasteiger charge is -2.22. The van der Waals surface area contributed by atoms with Crippen LogP contribution < -0.4 is 4.74 Å². The summed E-state index contributed by atoms with van der Waals surface area (Å²) in [7, 11) is 0. The fraction of sp³-hybridized carbons (Fsp3) is 0.400. The van der Waals surface area contributed by atoms with Crippen LogP contribution in [-0.4, -0.2) is 24.8 Å². The van der Waals surface area contributed by atoms with Crippen LogP contribution in [0.5, 0.6) is 5.75 Å². The molecular weight excluding hydrogens is 226 g/mol. The molecule has 0 N–H and O–H groups in total. The molecule has 0 bridgehead atoms. The largest absolute Gasteiger partial charge is 0.493 e. The quantitative estimate of drug-likeness (QED) is 0.830. The maximum Gasteiger partial charge on any atom is 0.130 e. The molecule has 94 valence electrons. The van der Waals surface area contributed by atoms with Crippen LogP contribution in [0.4, 0.5) is 0 Å². The highest BCUT2D eigenvalue weighted by Crippen LogP contribution is 2.25. The lowest BCUT2D eigenvalue weighted by Crippen LogP contribution is -2.21. The van der Waals surface area contributed by atoms with Crippen molar-refractivity contribution in [1.82, 2.24) is 4.98 Å². The number of fused-ring (bicyclic) bond motifs is 1. The van der Waals surface area contributed by atoms with Crippen LogP contribution in [0.2, 0.25) is 0 Å². The number of nitrogens with zero attached hydrogens (tertiary/aromatic N) is 1. The number of hydrogen-bond acceptors (Lipinski definition) is 3. The minimum atomic E-state index is 0.616. The zero-order valence-corrected chi connectivity index (χ0v) is 10.3. The van der Waals surface area contributed by atoms with Gasteiger partial charge < -0.3 is 9.47 Å². The van der Waals surface area contributed by atoms with Gasteiger partial charge in [-0.25, -0.2) is 0 Å². The number of pyridine rings is 1. The highest BCUT2D eigenvalue weighted by atomic mass is 16.5. The molecule has 0 atom stereocenters. The summed E-state index contributed by atoms with van der Waals surface area (Å²) in [5.74, 6) is 1.55. The average Bonchev–Trinajstić information content (AvgIpc) is 2.46. The van der Waals surface area contributed by atoms with Crippen LogP contribution in [0.15, 0.2) is 36.5 Å². The number of aromatic nitrogens is 1. The summed E-state index contributed by atoms with van der Waals surface area (Å²) in [6, 6.07) is 10.0. The number of benzene rings is 1. The van der Waals surface area contributed by atoms with Crippen LogP contribution in [0.1, 0.15) is 12.8 Å². The van der Waals surface area contributed by atoms with Gasteiger partial charge >= 0.3 is 0 Å². The van der Waals surface area contributed by atoms with Crippen molar-refractivity contribution in [2.75, 3.05) is 19.8 Å². The Bertz CT molecular complexity index is 515. The van der Waals surface area contributed by atoms with Gasteiger partial charge in [0.25, 0.3) is 0 Å². The van der Waals surface area contributed by atoms with Crippen LogP contribution in [-0.2, 0) is 4.74 Å². The van der Waals surface area contributed by atoms with Crippen molar-refractivity contribution in [3.63, 3.8) is 0 Å². The molecule has 0 amide bonds. The van der Waals surface area contributed by atoms with E-state index < -0.39 is 0 Å². The zero-order chi connectivity index (χ0) is 12.2. The van der Waals surface area contributed by atoms with Gasteiger partial charge in [-0.05, 0) is 37.0 Å². The summed E-state index contributed by atoms with van der Waals surface area (Å²) in [4.78, 5) is 4.34. The van der Waals surface area contributed by atoms with Crippen molar-refractivity contribution in [2.45, 2.75) is 12.8 Å². The fourth-order valence-corrected chi connectivity index (χ4v) is 2.32. The maximum absolute atomic E-state index is 5.96. The second kappa shape index (κ2) is 5.36.